The van der Waals surface area contributed by atoms with E-state index in [1.54, 1.807) is 12.3 Å². The summed E-state index contributed by atoms with van der Waals surface area (Å²) >= 11 is 0. The molecular formula is C25H28F3N3O4. The highest BCUT2D eigenvalue weighted by Gasteiger charge is 2.51. The van der Waals surface area contributed by atoms with Crippen LogP contribution in [0.5, 0.6) is 0 Å². The molecule has 2 aliphatic rings. The first-order valence-electron chi connectivity index (χ1n) is 11.6. The maximum absolute atomic E-state index is 13.4. The lowest BCUT2D eigenvalue weighted by molar-refractivity contribution is -0.258. The molecule has 1 heterocycles. The number of aliphatic hydroxyl groups is 1. The van der Waals surface area contributed by atoms with Gasteiger partial charge in [-0.2, -0.15) is 23.4 Å². The standard InChI is InChI=1S/C25H28F3N3O4/c1-23(34,25(26,27)28)17-5-3-16(4-6-17)21(32)31(19-7-8-19)20-9-12-24(13-10-20,22(33)35-2)18-11-14-29-30-15-18/h3-6,11,14-15,19-20,34H,7-10,12-13H2,1-2H3. The number of aromatic nitrogens is 2. The Labute approximate surface area is 201 Å². The van der Waals surface area contributed by atoms with Gasteiger partial charge in [0.05, 0.1) is 18.7 Å². The number of carbonyl (C=O) groups is 2. The van der Waals surface area contributed by atoms with E-state index in [9.17, 15) is 27.9 Å². The molecule has 1 N–H and O–H groups in total. The van der Waals surface area contributed by atoms with Crippen molar-refractivity contribution in [3.05, 3.63) is 59.4 Å². The van der Waals surface area contributed by atoms with Crippen LogP contribution >= 0.6 is 0 Å². The van der Waals surface area contributed by atoms with Gasteiger partial charge in [0.2, 0.25) is 0 Å². The molecule has 1 aromatic heterocycles. The fourth-order valence-electron chi connectivity index (χ4n) is 4.99. The third-order valence-electron chi connectivity index (χ3n) is 7.34. The van der Waals surface area contributed by atoms with Crippen LogP contribution in [0.15, 0.2) is 42.7 Å². The number of rotatable bonds is 6. The van der Waals surface area contributed by atoms with Gasteiger partial charge in [0.25, 0.3) is 5.91 Å². The van der Waals surface area contributed by atoms with E-state index in [4.69, 9.17) is 4.74 Å². The van der Waals surface area contributed by atoms with Gasteiger partial charge in [0.15, 0.2) is 5.60 Å². The van der Waals surface area contributed by atoms with E-state index in [-0.39, 0.29) is 35.1 Å². The smallest absolute Gasteiger partial charge is 0.421 e. The van der Waals surface area contributed by atoms with Crippen molar-refractivity contribution in [3.8, 4) is 0 Å². The maximum Gasteiger partial charge on any atom is 0.421 e. The summed E-state index contributed by atoms with van der Waals surface area (Å²) in [5.74, 6) is -0.604. The molecule has 2 fully saturated rings. The average molecular weight is 492 g/mol. The second kappa shape index (κ2) is 9.22. The van der Waals surface area contributed by atoms with Crippen LogP contribution in [0.3, 0.4) is 0 Å². The molecule has 0 radical (unpaired) electrons. The van der Waals surface area contributed by atoms with E-state index in [1.165, 1.54) is 25.4 Å². The Hall–Kier alpha value is -3.01. The van der Waals surface area contributed by atoms with Gasteiger partial charge in [0, 0.05) is 23.8 Å². The lowest BCUT2D eigenvalue weighted by Gasteiger charge is -2.42. The van der Waals surface area contributed by atoms with Gasteiger partial charge in [-0.1, -0.05) is 12.1 Å². The van der Waals surface area contributed by atoms with Crippen molar-refractivity contribution >= 4 is 11.9 Å². The number of ether oxygens (including phenoxy) is 1. The van der Waals surface area contributed by atoms with E-state index in [0.29, 0.717) is 32.6 Å². The van der Waals surface area contributed by atoms with Crippen LogP contribution in [0.25, 0.3) is 0 Å². The summed E-state index contributed by atoms with van der Waals surface area (Å²) < 4.78 is 44.6. The third-order valence-corrected chi connectivity index (χ3v) is 7.34. The van der Waals surface area contributed by atoms with Crippen molar-refractivity contribution in [3.63, 3.8) is 0 Å². The fourth-order valence-corrected chi connectivity index (χ4v) is 4.99. The van der Waals surface area contributed by atoms with Crippen molar-refractivity contribution in [2.45, 2.75) is 74.7 Å². The number of nitrogens with zero attached hydrogens (tertiary/aromatic N) is 3. The predicted molar refractivity (Wildman–Crippen MR) is 119 cm³/mol. The Morgan fingerprint density at radius 1 is 1.03 bits per heavy atom. The van der Waals surface area contributed by atoms with Crippen LogP contribution < -0.4 is 0 Å². The lowest BCUT2D eigenvalue weighted by Crippen LogP contribution is -2.49. The molecule has 4 rings (SSSR count). The second-order valence-electron chi connectivity index (χ2n) is 9.53. The molecular weight excluding hydrogens is 463 g/mol. The van der Waals surface area contributed by atoms with Gasteiger partial charge < -0.3 is 14.7 Å². The summed E-state index contributed by atoms with van der Waals surface area (Å²) in [6.45, 7) is 0.689. The Kier molecular flexibility index (Phi) is 6.61. The molecule has 35 heavy (non-hydrogen) atoms. The normalized spacial score (nSPS) is 24.3. The minimum absolute atomic E-state index is 0.0682. The van der Waals surface area contributed by atoms with Gasteiger partial charge in [0.1, 0.15) is 0 Å². The molecule has 1 aromatic carbocycles. The monoisotopic (exact) mass is 491 g/mol. The van der Waals surface area contributed by atoms with Crippen LogP contribution in [0.2, 0.25) is 0 Å². The molecule has 0 bridgehead atoms. The second-order valence-corrected chi connectivity index (χ2v) is 9.53. The minimum Gasteiger partial charge on any atom is -0.468 e. The first kappa shape index (κ1) is 25.1. The molecule has 0 saturated heterocycles. The highest BCUT2D eigenvalue weighted by atomic mass is 19.4. The molecule has 1 unspecified atom stereocenters. The Balaban J connectivity index is 1.53. The number of halogens is 3. The van der Waals surface area contributed by atoms with Gasteiger partial charge in [-0.15, -0.1) is 0 Å². The maximum atomic E-state index is 13.4. The van der Waals surface area contributed by atoms with Gasteiger partial charge in [-0.05, 0) is 74.8 Å². The third kappa shape index (κ3) is 4.63. The van der Waals surface area contributed by atoms with Crippen LogP contribution in [0, 0.1) is 0 Å². The van der Waals surface area contributed by atoms with Crippen molar-refractivity contribution in [1.29, 1.82) is 0 Å². The minimum atomic E-state index is -4.84. The molecule has 10 heteroatoms. The van der Waals surface area contributed by atoms with Gasteiger partial charge in [-0.25, -0.2) is 0 Å². The molecule has 2 saturated carbocycles. The van der Waals surface area contributed by atoms with Crippen molar-refractivity contribution in [2.75, 3.05) is 7.11 Å². The number of carbonyl (C=O) groups excluding carboxylic acids is 2. The topological polar surface area (TPSA) is 92.6 Å². The van der Waals surface area contributed by atoms with Crippen molar-refractivity contribution < 1.29 is 32.6 Å². The quantitative estimate of drug-likeness (QED) is 0.616. The predicted octanol–water partition coefficient (Wildman–Crippen LogP) is 3.90. The highest BCUT2D eigenvalue weighted by molar-refractivity contribution is 5.95. The molecule has 1 atom stereocenters. The van der Waals surface area contributed by atoms with Crippen LogP contribution in [-0.2, 0) is 20.5 Å². The van der Waals surface area contributed by atoms with Gasteiger partial charge >= 0.3 is 12.1 Å². The molecule has 2 aromatic rings. The largest absolute Gasteiger partial charge is 0.468 e. The zero-order chi connectivity index (χ0) is 25.4. The Morgan fingerprint density at radius 2 is 1.63 bits per heavy atom. The van der Waals surface area contributed by atoms with E-state index in [2.05, 4.69) is 10.2 Å². The van der Waals surface area contributed by atoms with Crippen LogP contribution in [0.4, 0.5) is 13.2 Å². The van der Waals surface area contributed by atoms with E-state index in [0.717, 1.165) is 30.5 Å². The number of alkyl halides is 3. The molecule has 0 aliphatic heterocycles. The summed E-state index contributed by atoms with van der Waals surface area (Å²) in [5.41, 5.74) is -3.19. The van der Waals surface area contributed by atoms with Gasteiger partial charge in [-0.3, -0.25) is 9.59 Å². The zero-order valence-corrected chi connectivity index (χ0v) is 19.6. The Morgan fingerprint density at radius 3 is 2.11 bits per heavy atom. The number of hydrogen-bond acceptors (Lipinski definition) is 6. The molecule has 7 nitrogen and oxygen atoms in total. The summed E-state index contributed by atoms with van der Waals surface area (Å²) in [6.07, 6.45) is 2.07. The van der Waals surface area contributed by atoms with Crippen molar-refractivity contribution in [2.24, 2.45) is 0 Å². The van der Waals surface area contributed by atoms with E-state index in [1.807, 2.05) is 4.90 Å². The number of benzene rings is 1. The van der Waals surface area contributed by atoms with E-state index < -0.39 is 17.2 Å². The molecule has 188 valence electrons. The average Bonchev–Trinajstić information content (AvgIpc) is 3.69. The number of esters is 1. The summed E-state index contributed by atoms with van der Waals surface area (Å²) in [6, 6.07) is 6.66. The molecule has 1 amide bonds. The summed E-state index contributed by atoms with van der Waals surface area (Å²) in [7, 11) is 1.35. The SMILES string of the molecule is COC(=O)C1(c2ccnnc2)CCC(N(C(=O)c2ccc(C(C)(O)C(F)(F)F)cc2)C2CC2)CC1. The lowest BCUT2D eigenvalue weighted by atomic mass is 9.68. The number of amides is 1. The number of methoxy groups -OCH3 is 1. The fraction of sp³-hybridized carbons (Fsp3) is 0.520. The first-order chi connectivity index (χ1) is 16.5. The first-order valence-corrected chi connectivity index (χ1v) is 11.6. The summed E-state index contributed by atoms with van der Waals surface area (Å²) in [5, 5.41) is 17.6. The summed E-state index contributed by atoms with van der Waals surface area (Å²) in [4.78, 5) is 28.1. The Bertz CT molecular complexity index is 1060. The van der Waals surface area contributed by atoms with Crippen molar-refractivity contribution in [1.82, 2.24) is 15.1 Å². The molecule has 0 spiro atoms. The highest BCUT2D eigenvalue weighted by Crippen LogP contribution is 2.44. The number of hydrogen-bond donors (Lipinski definition) is 1. The van der Waals surface area contributed by atoms with Crippen LogP contribution in [-0.4, -0.2) is 57.5 Å². The van der Waals surface area contributed by atoms with E-state index >= 15 is 0 Å². The zero-order valence-electron chi connectivity index (χ0n) is 19.6. The molecule has 2 aliphatic carbocycles. The van der Waals surface area contributed by atoms with Crippen LogP contribution in [0.1, 0.15) is 66.9 Å².